The van der Waals surface area contributed by atoms with E-state index in [1.54, 1.807) is 0 Å². The Balaban J connectivity index is 2.14. The van der Waals surface area contributed by atoms with Gasteiger partial charge in [0, 0.05) is 5.75 Å². The molecule has 9 heavy (non-hydrogen) atoms. The highest BCUT2D eigenvalue weighted by molar-refractivity contribution is 7.93. The van der Waals surface area contributed by atoms with Crippen molar-refractivity contribution < 1.29 is 4.55 Å². The molecule has 0 aromatic rings. The Morgan fingerprint density at radius 3 is 2.78 bits per heavy atom. The van der Waals surface area contributed by atoms with E-state index >= 15 is 0 Å². The minimum Gasteiger partial charge on any atom is -0.330 e. The number of hydrogen-bond donors (Lipinski definition) is 1. The van der Waals surface area contributed by atoms with Gasteiger partial charge in [0.05, 0.1) is 0 Å². The molecule has 54 valence electrons. The summed E-state index contributed by atoms with van der Waals surface area (Å²) in [5, 5.41) is 0. The standard InChI is InChI=1S/C7H14OS/c1-6-2-3-7(4-6)5-9-8/h6-8H,2-5H2,1H3. The van der Waals surface area contributed by atoms with Gasteiger partial charge in [0.2, 0.25) is 0 Å². The first kappa shape index (κ1) is 7.42. The maximum Gasteiger partial charge on any atom is 0.0223 e. The molecule has 2 atom stereocenters. The Morgan fingerprint density at radius 2 is 2.33 bits per heavy atom. The average molecular weight is 146 g/mol. The van der Waals surface area contributed by atoms with Crippen molar-refractivity contribution in [1.29, 1.82) is 0 Å². The molecule has 1 aliphatic carbocycles. The van der Waals surface area contributed by atoms with Crippen molar-refractivity contribution >= 4 is 12.0 Å². The molecule has 0 aromatic heterocycles. The molecule has 0 aliphatic heterocycles. The van der Waals surface area contributed by atoms with Crippen LogP contribution in [0.15, 0.2) is 0 Å². The summed E-state index contributed by atoms with van der Waals surface area (Å²) in [6.07, 6.45) is 4.02. The van der Waals surface area contributed by atoms with Crippen molar-refractivity contribution in [2.24, 2.45) is 11.8 Å². The summed E-state index contributed by atoms with van der Waals surface area (Å²) in [5.74, 6) is 2.65. The summed E-state index contributed by atoms with van der Waals surface area (Å²) in [4.78, 5) is 0. The van der Waals surface area contributed by atoms with E-state index in [1.807, 2.05) is 0 Å². The maximum absolute atomic E-state index is 8.53. The van der Waals surface area contributed by atoms with Crippen molar-refractivity contribution in [3.63, 3.8) is 0 Å². The molecule has 0 bridgehead atoms. The van der Waals surface area contributed by atoms with Crippen LogP contribution in [0.1, 0.15) is 26.2 Å². The Morgan fingerprint density at radius 1 is 1.56 bits per heavy atom. The number of rotatable bonds is 2. The monoisotopic (exact) mass is 146 g/mol. The topological polar surface area (TPSA) is 20.2 Å². The highest BCUT2D eigenvalue weighted by atomic mass is 32.2. The zero-order chi connectivity index (χ0) is 6.69. The van der Waals surface area contributed by atoms with Crippen LogP contribution in [0.2, 0.25) is 0 Å². The van der Waals surface area contributed by atoms with E-state index in [0.717, 1.165) is 29.6 Å². The van der Waals surface area contributed by atoms with Gasteiger partial charge in [-0.2, -0.15) is 0 Å². The van der Waals surface area contributed by atoms with Crippen molar-refractivity contribution in [2.75, 3.05) is 5.75 Å². The smallest absolute Gasteiger partial charge is 0.0223 e. The maximum atomic E-state index is 8.53. The summed E-state index contributed by atoms with van der Waals surface area (Å²) < 4.78 is 8.53. The van der Waals surface area contributed by atoms with E-state index in [-0.39, 0.29) is 0 Å². The fourth-order valence-electron chi connectivity index (χ4n) is 1.58. The zero-order valence-corrected chi connectivity index (χ0v) is 6.66. The van der Waals surface area contributed by atoms with Crippen LogP contribution >= 0.6 is 12.0 Å². The van der Waals surface area contributed by atoms with E-state index < -0.39 is 0 Å². The number of hydrogen-bond acceptors (Lipinski definition) is 2. The molecule has 0 amide bonds. The zero-order valence-electron chi connectivity index (χ0n) is 5.84. The third-order valence-electron chi connectivity index (χ3n) is 2.11. The van der Waals surface area contributed by atoms with Gasteiger partial charge in [-0.25, -0.2) is 0 Å². The summed E-state index contributed by atoms with van der Waals surface area (Å²) in [6.45, 7) is 2.29. The predicted octanol–water partition coefficient (Wildman–Crippen LogP) is 2.63. The second kappa shape index (κ2) is 3.47. The molecular formula is C7H14OS. The van der Waals surface area contributed by atoms with E-state index in [4.69, 9.17) is 4.55 Å². The lowest BCUT2D eigenvalue weighted by Gasteiger charge is -2.03. The molecule has 1 aliphatic rings. The van der Waals surface area contributed by atoms with Crippen molar-refractivity contribution in [3.05, 3.63) is 0 Å². The van der Waals surface area contributed by atoms with Gasteiger partial charge in [-0.15, -0.1) is 0 Å². The first-order chi connectivity index (χ1) is 4.33. The second-order valence-corrected chi connectivity index (χ2v) is 3.67. The molecule has 2 unspecified atom stereocenters. The summed E-state index contributed by atoms with van der Waals surface area (Å²) in [5.41, 5.74) is 0. The van der Waals surface area contributed by atoms with E-state index in [0.29, 0.717) is 0 Å². The quantitative estimate of drug-likeness (QED) is 0.604. The van der Waals surface area contributed by atoms with E-state index in [9.17, 15) is 0 Å². The Kier molecular flexibility index (Phi) is 2.86. The van der Waals surface area contributed by atoms with Gasteiger partial charge in [-0.3, -0.25) is 0 Å². The van der Waals surface area contributed by atoms with Gasteiger partial charge in [0.1, 0.15) is 0 Å². The van der Waals surface area contributed by atoms with Crippen LogP contribution in [0, 0.1) is 11.8 Å². The van der Waals surface area contributed by atoms with E-state index in [2.05, 4.69) is 6.92 Å². The molecular weight excluding hydrogens is 132 g/mol. The molecule has 1 saturated carbocycles. The lowest BCUT2D eigenvalue weighted by Crippen LogP contribution is -1.96. The third kappa shape index (κ3) is 2.18. The largest absolute Gasteiger partial charge is 0.330 e. The van der Waals surface area contributed by atoms with Crippen LogP contribution in [0.3, 0.4) is 0 Å². The van der Waals surface area contributed by atoms with Crippen molar-refractivity contribution in [1.82, 2.24) is 0 Å². The Labute approximate surface area is 61.0 Å². The molecule has 0 radical (unpaired) electrons. The summed E-state index contributed by atoms with van der Waals surface area (Å²) in [6, 6.07) is 0. The molecule has 1 N–H and O–H groups in total. The molecule has 1 rings (SSSR count). The summed E-state index contributed by atoms with van der Waals surface area (Å²) >= 11 is 1.00. The SMILES string of the molecule is CC1CCC(CSO)C1. The van der Waals surface area contributed by atoms with Gasteiger partial charge in [-0.1, -0.05) is 13.3 Å². The Hall–Kier alpha value is 0.310. The van der Waals surface area contributed by atoms with Crippen molar-refractivity contribution in [2.45, 2.75) is 26.2 Å². The molecule has 0 heterocycles. The third-order valence-corrected chi connectivity index (χ3v) is 2.73. The highest BCUT2D eigenvalue weighted by Crippen LogP contribution is 2.31. The van der Waals surface area contributed by atoms with Crippen LogP contribution < -0.4 is 0 Å². The van der Waals surface area contributed by atoms with Crippen LogP contribution in [0.4, 0.5) is 0 Å². The highest BCUT2D eigenvalue weighted by Gasteiger charge is 2.20. The predicted molar refractivity (Wildman–Crippen MR) is 41.6 cm³/mol. The summed E-state index contributed by atoms with van der Waals surface area (Å²) in [7, 11) is 0. The minimum atomic E-state index is 0.801. The fourth-order valence-corrected chi connectivity index (χ4v) is 2.10. The van der Waals surface area contributed by atoms with Gasteiger partial charge in [-0.05, 0) is 36.7 Å². The lowest BCUT2D eigenvalue weighted by molar-refractivity contribution is 0.552. The molecule has 1 nitrogen and oxygen atoms in total. The molecule has 0 aromatic carbocycles. The lowest BCUT2D eigenvalue weighted by atomic mass is 10.1. The van der Waals surface area contributed by atoms with E-state index in [1.165, 1.54) is 19.3 Å². The van der Waals surface area contributed by atoms with Crippen molar-refractivity contribution in [3.8, 4) is 0 Å². The van der Waals surface area contributed by atoms with Crippen LogP contribution in [-0.2, 0) is 0 Å². The molecule has 0 spiro atoms. The first-order valence-corrected chi connectivity index (χ1v) is 4.53. The second-order valence-electron chi connectivity index (χ2n) is 3.08. The molecule has 2 heteroatoms. The molecule has 1 fully saturated rings. The van der Waals surface area contributed by atoms with Gasteiger partial charge < -0.3 is 4.55 Å². The van der Waals surface area contributed by atoms with Crippen LogP contribution in [0.5, 0.6) is 0 Å². The normalized spacial score (nSPS) is 35.3. The van der Waals surface area contributed by atoms with Gasteiger partial charge >= 0.3 is 0 Å². The first-order valence-electron chi connectivity index (χ1n) is 3.59. The van der Waals surface area contributed by atoms with Crippen LogP contribution in [0.25, 0.3) is 0 Å². The Bertz CT molecular complexity index is 83.0. The van der Waals surface area contributed by atoms with Gasteiger partial charge in [0.15, 0.2) is 0 Å². The van der Waals surface area contributed by atoms with Crippen LogP contribution in [-0.4, -0.2) is 10.3 Å². The molecule has 0 saturated heterocycles. The average Bonchev–Trinajstić information content (AvgIpc) is 2.17. The minimum absolute atomic E-state index is 0.801. The van der Waals surface area contributed by atoms with Gasteiger partial charge in [0.25, 0.3) is 0 Å². The fraction of sp³-hybridized carbons (Fsp3) is 1.00.